The number of amides is 2. The van der Waals surface area contributed by atoms with Crippen molar-refractivity contribution in [3.05, 3.63) is 109 Å². The molecule has 3 saturated heterocycles. The lowest BCUT2D eigenvalue weighted by atomic mass is 10.1. The molecule has 343 valence electrons. The minimum absolute atomic E-state index is 0.0513. The van der Waals surface area contributed by atoms with Gasteiger partial charge in [0.25, 0.3) is 11.8 Å². The molecule has 2 aromatic carbocycles. The number of nitrogens with one attached hydrogen (secondary N) is 2. The lowest BCUT2D eigenvalue weighted by Crippen LogP contribution is -2.38. The van der Waals surface area contributed by atoms with Crippen LogP contribution in [0.5, 0.6) is 0 Å². The molecule has 0 saturated carbocycles. The van der Waals surface area contributed by atoms with E-state index in [0.29, 0.717) is 11.1 Å². The summed E-state index contributed by atoms with van der Waals surface area (Å²) in [5.41, 5.74) is 1.16. The fourth-order valence-corrected chi connectivity index (χ4v) is 9.94. The highest BCUT2D eigenvalue weighted by Gasteiger charge is 2.55. The Hall–Kier alpha value is -6.08. The number of nitriles is 1. The van der Waals surface area contributed by atoms with Gasteiger partial charge in [0, 0.05) is 11.1 Å². The van der Waals surface area contributed by atoms with Crippen LogP contribution in [0.15, 0.2) is 86.0 Å². The zero-order valence-electron chi connectivity index (χ0n) is 34.7. The number of carbonyl (C=O) groups is 2. The van der Waals surface area contributed by atoms with E-state index in [4.69, 9.17) is 50.8 Å². The van der Waals surface area contributed by atoms with E-state index in [1.807, 2.05) is 6.07 Å². The lowest BCUT2D eigenvalue weighted by Gasteiger charge is -2.36. The Labute approximate surface area is 382 Å². The van der Waals surface area contributed by atoms with Gasteiger partial charge in [0.15, 0.2) is 64.9 Å². The van der Waals surface area contributed by atoms with Crippen LogP contribution in [0.1, 0.15) is 39.6 Å². The second-order valence-electron chi connectivity index (χ2n) is 14.7. The number of hydrogen-bond donors (Lipinski definition) is 2. The topological polar surface area (TPSA) is 247 Å². The van der Waals surface area contributed by atoms with Crippen LogP contribution in [0.3, 0.4) is 0 Å². The Morgan fingerprint density at radius 1 is 0.836 bits per heavy atom. The van der Waals surface area contributed by atoms with Gasteiger partial charge in [0.1, 0.15) is 58.6 Å². The highest BCUT2D eigenvalue weighted by atomic mass is 31.2. The van der Waals surface area contributed by atoms with Gasteiger partial charge in [-0.05, 0) is 24.3 Å². The second-order valence-corrected chi connectivity index (χ2v) is 17.7. The highest BCUT2D eigenvalue weighted by molar-refractivity contribution is 7.85. The number of aromatic nitrogens is 8. The molecule has 9 rings (SSSR count). The van der Waals surface area contributed by atoms with E-state index in [1.54, 1.807) is 60.7 Å². The first kappa shape index (κ1) is 46.1. The number of carbonyl (C=O) groups excluding carboxylic acids is 2. The van der Waals surface area contributed by atoms with Crippen LogP contribution in [0.2, 0.25) is 0 Å². The number of anilines is 2. The molecule has 3 fully saturated rings. The molecule has 3 aliphatic rings. The second kappa shape index (κ2) is 20.4. The van der Waals surface area contributed by atoms with E-state index in [9.17, 15) is 14.9 Å². The largest absolute Gasteiger partial charge is 0.346 e. The van der Waals surface area contributed by atoms with Crippen molar-refractivity contribution in [3.63, 3.8) is 0 Å². The summed E-state index contributed by atoms with van der Waals surface area (Å²) in [4.78, 5) is 55.0. The molecule has 7 heterocycles. The number of nitrogens with zero attached hydrogens (tertiary/aromatic N) is 10. The van der Waals surface area contributed by atoms with Crippen LogP contribution in [-0.2, 0) is 36.6 Å². The predicted octanol–water partition coefficient (Wildman–Crippen LogP) is 5.40. The third kappa shape index (κ3) is 9.84. The van der Waals surface area contributed by atoms with Crippen molar-refractivity contribution >= 4 is 69.8 Å². The maximum Gasteiger partial charge on any atom is 0.333 e. The Kier molecular flexibility index (Phi) is 14.0. The summed E-state index contributed by atoms with van der Waals surface area (Å²) >= 11 is 0. The van der Waals surface area contributed by atoms with Gasteiger partial charge in [-0.2, -0.15) is 12.8 Å². The number of fused-ring (bicyclic) bond motifs is 4. The average Bonchev–Trinajstić information content (AvgIpc) is 4.12. The van der Waals surface area contributed by atoms with Gasteiger partial charge < -0.3 is 38.5 Å². The van der Waals surface area contributed by atoms with E-state index in [2.05, 4.69) is 45.4 Å². The van der Waals surface area contributed by atoms with Gasteiger partial charge >= 0.3 is 8.60 Å². The third-order valence-electron chi connectivity index (χ3n) is 10.5. The summed E-state index contributed by atoms with van der Waals surface area (Å²) in [5.74, 6) is -0.827. The minimum atomic E-state index is -4.15. The Morgan fingerprint density at radius 2 is 1.39 bits per heavy atom. The first-order valence-corrected chi connectivity index (χ1v) is 23.1. The van der Waals surface area contributed by atoms with E-state index < -0.39 is 90.7 Å². The fourth-order valence-electron chi connectivity index (χ4n) is 7.31. The Bertz CT molecular complexity index is 2810. The van der Waals surface area contributed by atoms with E-state index >= 15 is 8.78 Å². The SMILES string of the molecule is [B-][P+]1(OCCC#N)OC[C@H]2O[C@@H](n3cnc4c(NC(=O)c5ccccc5)ncnc43)C(F)[C@H]2OP(OCC[N+]#[C-])OC[C@H]2O[C@@H](n3cnc4c(NC(=O)c5ccccc5)ncnc43)[C@@H](F)C2O1. The maximum atomic E-state index is 17.1. The molecule has 3 radical (unpaired) electrons. The number of rotatable bonds is 12. The van der Waals surface area contributed by atoms with Gasteiger partial charge in [0.2, 0.25) is 6.54 Å². The van der Waals surface area contributed by atoms with Gasteiger partial charge in [-0.3, -0.25) is 18.7 Å². The van der Waals surface area contributed by atoms with Crippen molar-refractivity contribution in [2.24, 2.45) is 0 Å². The van der Waals surface area contributed by atoms with Gasteiger partial charge in [-0.15, -0.1) is 0 Å². The first-order chi connectivity index (χ1) is 32.6. The summed E-state index contributed by atoms with van der Waals surface area (Å²) < 4.78 is 85.4. The quantitative estimate of drug-likeness (QED) is 0.0675. The van der Waals surface area contributed by atoms with Crippen LogP contribution in [0.4, 0.5) is 20.4 Å². The Balaban J connectivity index is 0.991. The summed E-state index contributed by atoms with van der Waals surface area (Å²) in [6.07, 6.45) is -8.05. The number of benzene rings is 2. The predicted molar refractivity (Wildman–Crippen MR) is 232 cm³/mol. The number of imidazole rings is 2. The molecule has 2 N–H and O–H groups in total. The zero-order valence-corrected chi connectivity index (χ0v) is 36.5. The van der Waals surface area contributed by atoms with Crippen LogP contribution < -0.4 is 10.6 Å². The van der Waals surface area contributed by atoms with Gasteiger partial charge in [-0.25, -0.2) is 58.8 Å². The van der Waals surface area contributed by atoms with Crippen molar-refractivity contribution < 1.29 is 55.0 Å². The van der Waals surface area contributed by atoms with Crippen molar-refractivity contribution in [3.8, 4) is 6.07 Å². The van der Waals surface area contributed by atoms with Crippen LogP contribution in [-0.4, -0.2) is 128 Å². The lowest BCUT2D eigenvalue weighted by molar-refractivity contribution is -0.0614. The summed E-state index contributed by atoms with van der Waals surface area (Å²) in [6, 6.07) is 18.8. The highest BCUT2D eigenvalue weighted by Crippen LogP contribution is 2.61. The van der Waals surface area contributed by atoms with Crippen molar-refractivity contribution in [2.45, 2.75) is 55.6 Å². The maximum absolute atomic E-state index is 17.1. The van der Waals surface area contributed by atoms with Gasteiger partial charge in [0.05, 0.1) is 31.8 Å². The van der Waals surface area contributed by atoms with Crippen LogP contribution >= 0.6 is 16.4 Å². The normalized spacial score (nSPS) is 27.5. The standard InChI is InChI=1S/C40H35BF2N12O10P2/c1-45-14-16-58-66-59-17-25-32(28(43)40(62-25)55-22-51-30-34(47-20-49-36(30)55)53-38(57)24-11-6-3-7-12-24)65-67(41,60-15-8-13-44)61-18-26-31(64-66)27(42)39(63-26)54-21-50-29-33(46-19-48-35(29)54)52-37(56)23-9-4-2-5-10-23/h2-7,9-12,19-22,25-28,31-32,39-40H,8,14-18H2,(H-,46,47,48,49,52,53,56,57)/q-1/p+1/t25-,26-,27?,28+,31+,32?,39-,40-,66?,67?/m1/s1. The number of alkyl halides is 2. The third-order valence-corrected chi connectivity index (χ3v) is 13.2. The van der Waals surface area contributed by atoms with Gasteiger partial charge in [-0.1, -0.05) is 36.4 Å². The summed E-state index contributed by atoms with van der Waals surface area (Å²) in [5, 5.41) is 14.7. The molecule has 67 heavy (non-hydrogen) atoms. The van der Waals surface area contributed by atoms with Crippen molar-refractivity contribution in [1.82, 2.24) is 39.0 Å². The molecule has 0 bridgehead atoms. The molecular weight excluding hydrogens is 919 g/mol. The van der Waals surface area contributed by atoms with E-state index in [-0.39, 0.29) is 60.1 Å². The Morgan fingerprint density at radius 3 is 1.94 bits per heavy atom. The minimum Gasteiger partial charge on any atom is -0.346 e. The molecule has 27 heteroatoms. The monoisotopic (exact) mass is 955 g/mol. The number of halogens is 2. The summed E-state index contributed by atoms with van der Waals surface area (Å²) in [6.45, 7) is 5.62. The molecule has 3 aliphatic heterocycles. The number of ether oxygens (including phenoxy) is 2. The number of hydrogen-bond acceptors (Lipinski definition) is 17. The molecule has 4 aromatic heterocycles. The molecule has 0 aliphatic carbocycles. The molecule has 0 spiro atoms. The molecule has 4 unspecified atom stereocenters. The molecular formula is C40H36BF2N12O10P2. The van der Waals surface area contributed by atoms with E-state index in [1.165, 1.54) is 34.4 Å². The van der Waals surface area contributed by atoms with E-state index in [0.717, 1.165) is 0 Å². The van der Waals surface area contributed by atoms with Crippen molar-refractivity contribution in [2.75, 3.05) is 43.6 Å². The van der Waals surface area contributed by atoms with Crippen LogP contribution in [0.25, 0.3) is 27.2 Å². The molecule has 2 amide bonds. The average molecular weight is 956 g/mol. The van der Waals surface area contributed by atoms with Crippen molar-refractivity contribution in [1.29, 1.82) is 5.26 Å². The fraction of sp³-hybridized carbons (Fsp3) is 0.350. The zero-order chi connectivity index (χ0) is 46.5. The molecule has 6 aromatic rings. The van der Waals surface area contributed by atoms with Crippen LogP contribution in [0, 0.1) is 17.9 Å². The molecule has 22 nitrogen and oxygen atoms in total. The first-order valence-electron chi connectivity index (χ1n) is 20.4. The smallest absolute Gasteiger partial charge is 0.333 e. The molecule has 10 atom stereocenters. The summed E-state index contributed by atoms with van der Waals surface area (Å²) in [7, 11) is 0.0113.